The number of rotatable bonds is 5. The van der Waals surface area contributed by atoms with Crippen LogP contribution in [0.5, 0.6) is 0 Å². The van der Waals surface area contributed by atoms with Crippen LogP contribution in [0.25, 0.3) is 11.2 Å². The zero-order chi connectivity index (χ0) is 16.3. The van der Waals surface area contributed by atoms with Gasteiger partial charge in [-0.3, -0.25) is 10.1 Å². The van der Waals surface area contributed by atoms with E-state index in [2.05, 4.69) is 21.5 Å². The Hall–Kier alpha value is -2.25. The van der Waals surface area contributed by atoms with Crippen LogP contribution in [0.2, 0.25) is 10.4 Å². The molecule has 0 saturated heterocycles. The summed E-state index contributed by atoms with van der Waals surface area (Å²) >= 11 is 11.7. The lowest BCUT2D eigenvalue weighted by Crippen LogP contribution is -2.02. The molecule has 2 aromatic heterocycles. The lowest BCUT2D eigenvalue weighted by Gasteiger charge is -2.05. The summed E-state index contributed by atoms with van der Waals surface area (Å²) in [6.45, 7) is 5.53. The Balaban J connectivity index is 2.41. The van der Waals surface area contributed by atoms with E-state index in [0.29, 0.717) is 23.3 Å². The molecule has 114 valence electrons. The Morgan fingerprint density at radius 1 is 1.50 bits per heavy atom. The summed E-state index contributed by atoms with van der Waals surface area (Å²) in [6, 6.07) is 0. The molecule has 2 aromatic rings. The zero-order valence-electron chi connectivity index (χ0n) is 11.5. The van der Waals surface area contributed by atoms with E-state index in [4.69, 9.17) is 23.2 Å². The van der Waals surface area contributed by atoms with Gasteiger partial charge in [0.05, 0.1) is 17.8 Å². The number of nitro groups is 1. The van der Waals surface area contributed by atoms with Crippen molar-refractivity contribution in [3.8, 4) is 0 Å². The van der Waals surface area contributed by atoms with Crippen LogP contribution in [0, 0.1) is 10.1 Å². The molecule has 2 rings (SSSR count). The fraction of sp³-hybridized carbons (Fsp3) is 0.154. The Labute approximate surface area is 135 Å². The molecule has 9 heteroatoms. The van der Waals surface area contributed by atoms with Crippen molar-refractivity contribution >= 4 is 34.4 Å². The van der Waals surface area contributed by atoms with Gasteiger partial charge in [0.25, 0.3) is 5.70 Å². The minimum atomic E-state index is -0.502. The van der Waals surface area contributed by atoms with Gasteiger partial charge in [-0.25, -0.2) is 9.97 Å². The van der Waals surface area contributed by atoms with Crippen molar-refractivity contribution in [2.45, 2.75) is 13.5 Å². The van der Waals surface area contributed by atoms with Crippen LogP contribution in [-0.2, 0) is 6.54 Å². The molecule has 7 nitrogen and oxygen atoms in total. The number of fused-ring (bicyclic) bond motifs is 1. The average molecular weight is 340 g/mol. The molecule has 22 heavy (non-hydrogen) atoms. The van der Waals surface area contributed by atoms with Gasteiger partial charge in [-0.05, 0) is 24.1 Å². The Kier molecular flexibility index (Phi) is 4.89. The fourth-order valence-electron chi connectivity index (χ4n) is 1.79. The first-order chi connectivity index (χ1) is 10.5. The molecule has 0 radical (unpaired) electrons. The highest BCUT2D eigenvalue weighted by Gasteiger charge is 2.12. The van der Waals surface area contributed by atoms with E-state index in [1.54, 1.807) is 17.6 Å². The number of halogens is 2. The molecule has 0 saturated carbocycles. The molecular weight excluding hydrogens is 329 g/mol. The van der Waals surface area contributed by atoms with Gasteiger partial charge in [0.1, 0.15) is 5.52 Å². The average Bonchev–Trinajstić information content (AvgIpc) is 2.86. The van der Waals surface area contributed by atoms with E-state index < -0.39 is 4.92 Å². The topological polar surface area (TPSA) is 86.7 Å². The van der Waals surface area contributed by atoms with Crippen LogP contribution >= 0.6 is 23.2 Å². The molecule has 0 bridgehead atoms. The lowest BCUT2D eigenvalue weighted by atomic mass is 10.2. The molecule has 0 atom stereocenters. The minimum absolute atomic E-state index is 0.00823. The molecule has 0 aromatic carbocycles. The number of hydrogen-bond donors (Lipinski definition) is 0. The van der Waals surface area contributed by atoms with Gasteiger partial charge in [-0.15, -0.1) is 0 Å². The third kappa shape index (κ3) is 3.32. The van der Waals surface area contributed by atoms with E-state index in [9.17, 15) is 10.1 Å². The first-order valence-corrected chi connectivity index (χ1v) is 6.89. The Morgan fingerprint density at radius 2 is 2.23 bits per heavy atom. The highest BCUT2D eigenvalue weighted by atomic mass is 35.5. The monoisotopic (exact) mass is 339 g/mol. The maximum absolute atomic E-state index is 10.9. The van der Waals surface area contributed by atoms with Crippen molar-refractivity contribution in [2.24, 2.45) is 0 Å². The zero-order valence-corrected chi connectivity index (χ0v) is 13.0. The molecule has 0 aliphatic carbocycles. The second-order valence-electron chi connectivity index (χ2n) is 4.22. The van der Waals surface area contributed by atoms with E-state index in [1.807, 2.05) is 0 Å². The number of imidazole rings is 1. The van der Waals surface area contributed by atoms with Gasteiger partial charge in [-0.2, -0.15) is 4.98 Å². The smallest absolute Gasteiger partial charge is 0.269 e. The highest BCUT2D eigenvalue weighted by molar-refractivity contribution is 6.35. The summed E-state index contributed by atoms with van der Waals surface area (Å²) < 4.78 is 1.68. The quantitative estimate of drug-likeness (QED) is 0.274. The Morgan fingerprint density at radius 3 is 2.82 bits per heavy atom. The van der Waals surface area contributed by atoms with Gasteiger partial charge in [0.15, 0.2) is 10.8 Å². The summed E-state index contributed by atoms with van der Waals surface area (Å²) in [6.07, 6.45) is 5.90. The third-order valence-corrected chi connectivity index (χ3v) is 3.30. The van der Waals surface area contributed by atoms with Crippen LogP contribution in [0.4, 0.5) is 0 Å². The van der Waals surface area contributed by atoms with Crippen molar-refractivity contribution < 1.29 is 4.92 Å². The Bertz CT molecular complexity index is 810. The first kappa shape index (κ1) is 16.1. The molecule has 0 aliphatic heterocycles. The van der Waals surface area contributed by atoms with E-state index in [1.165, 1.54) is 18.5 Å². The molecular formula is C13H11Cl2N5O2. The SMILES string of the molecule is C=C/C(=C\C(=C/C)Cn1cnc2c(Cl)nc(Cl)nc21)[N+](=O)[O-]. The van der Waals surface area contributed by atoms with Gasteiger partial charge >= 0.3 is 0 Å². The molecule has 0 N–H and O–H groups in total. The predicted molar refractivity (Wildman–Crippen MR) is 84.4 cm³/mol. The first-order valence-electron chi connectivity index (χ1n) is 6.13. The van der Waals surface area contributed by atoms with E-state index in [0.717, 1.165) is 0 Å². The van der Waals surface area contributed by atoms with Gasteiger partial charge < -0.3 is 4.57 Å². The maximum Gasteiger partial charge on any atom is 0.269 e. The third-order valence-electron chi connectivity index (χ3n) is 2.87. The molecule has 0 unspecified atom stereocenters. The molecule has 2 heterocycles. The van der Waals surface area contributed by atoms with Crippen LogP contribution in [0.3, 0.4) is 0 Å². The normalized spacial score (nSPS) is 12.7. The summed E-state index contributed by atoms with van der Waals surface area (Å²) in [7, 11) is 0. The summed E-state index contributed by atoms with van der Waals surface area (Å²) in [5.41, 5.74) is 1.47. The predicted octanol–water partition coefficient (Wildman–Crippen LogP) is 3.43. The number of nitrogens with zero attached hydrogens (tertiary/aromatic N) is 5. The largest absolute Gasteiger partial charge is 0.311 e. The molecule has 0 amide bonds. The number of hydrogen-bond acceptors (Lipinski definition) is 5. The van der Waals surface area contributed by atoms with E-state index >= 15 is 0 Å². The molecule has 0 fully saturated rings. The van der Waals surface area contributed by atoms with Gasteiger partial charge in [0, 0.05) is 12.2 Å². The second-order valence-corrected chi connectivity index (χ2v) is 4.92. The van der Waals surface area contributed by atoms with Gasteiger partial charge in [0.2, 0.25) is 5.28 Å². The molecule has 0 spiro atoms. The van der Waals surface area contributed by atoms with Crippen LogP contribution < -0.4 is 0 Å². The summed E-state index contributed by atoms with van der Waals surface area (Å²) in [5.74, 6) is 0. The van der Waals surface area contributed by atoms with Crippen molar-refractivity contribution in [1.29, 1.82) is 0 Å². The fourth-order valence-corrected chi connectivity index (χ4v) is 2.21. The van der Waals surface area contributed by atoms with Crippen LogP contribution in [0.15, 0.2) is 42.4 Å². The van der Waals surface area contributed by atoms with E-state index in [-0.39, 0.29) is 16.1 Å². The maximum atomic E-state index is 10.9. The van der Waals surface area contributed by atoms with Crippen LogP contribution in [-0.4, -0.2) is 24.4 Å². The van der Waals surface area contributed by atoms with Crippen molar-refractivity contribution in [3.63, 3.8) is 0 Å². The number of aromatic nitrogens is 4. The second kappa shape index (κ2) is 6.67. The molecule has 0 aliphatic rings. The summed E-state index contributed by atoms with van der Waals surface area (Å²) in [5, 5.41) is 11.0. The lowest BCUT2D eigenvalue weighted by molar-refractivity contribution is -0.419. The van der Waals surface area contributed by atoms with Gasteiger partial charge in [-0.1, -0.05) is 24.3 Å². The minimum Gasteiger partial charge on any atom is -0.311 e. The number of allylic oxidation sites excluding steroid dienone is 4. The highest BCUT2D eigenvalue weighted by Crippen LogP contribution is 2.21. The van der Waals surface area contributed by atoms with Crippen LogP contribution in [0.1, 0.15) is 6.92 Å². The van der Waals surface area contributed by atoms with Crippen molar-refractivity contribution in [2.75, 3.05) is 0 Å². The summed E-state index contributed by atoms with van der Waals surface area (Å²) in [4.78, 5) is 22.4. The van der Waals surface area contributed by atoms with Crippen molar-refractivity contribution in [3.05, 3.63) is 63.0 Å². The van der Waals surface area contributed by atoms with Crippen molar-refractivity contribution in [1.82, 2.24) is 19.5 Å². The standard InChI is InChI=1S/C13H11Cl2N5O2/c1-3-8(5-9(4-2)20(21)22)6-19-7-16-10-11(14)17-13(15)18-12(10)19/h3-5,7H,2,6H2,1H3/b8-3+,9-5+.